The quantitative estimate of drug-likeness (QED) is 0.810. The van der Waals surface area contributed by atoms with Crippen molar-refractivity contribution >= 4 is 17.7 Å². The number of rotatable bonds is 3. The molecule has 1 saturated heterocycles. The van der Waals surface area contributed by atoms with Gasteiger partial charge in [0.1, 0.15) is 5.69 Å². The van der Waals surface area contributed by atoms with E-state index in [4.69, 9.17) is 5.11 Å². The van der Waals surface area contributed by atoms with Crippen LogP contribution in [0.3, 0.4) is 0 Å². The molecule has 19 heavy (non-hydrogen) atoms. The van der Waals surface area contributed by atoms with Crippen molar-refractivity contribution in [2.75, 3.05) is 18.1 Å². The summed E-state index contributed by atoms with van der Waals surface area (Å²) in [4.78, 5) is 16.0. The highest BCUT2D eigenvalue weighted by Gasteiger charge is 2.18. The number of nitrogens with one attached hydrogen (secondary N) is 1. The lowest BCUT2D eigenvalue weighted by Crippen LogP contribution is -2.35. The Morgan fingerprint density at radius 3 is 3.11 bits per heavy atom. The van der Waals surface area contributed by atoms with Crippen LogP contribution in [0.15, 0.2) is 18.3 Å². The molecule has 0 aromatic carbocycles. The summed E-state index contributed by atoms with van der Waals surface area (Å²) in [5.74, 6) is 7.66. The zero-order valence-corrected chi connectivity index (χ0v) is 11.4. The number of pyridine rings is 1. The van der Waals surface area contributed by atoms with Crippen molar-refractivity contribution in [2.45, 2.75) is 18.9 Å². The first-order valence-electron chi connectivity index (χ1n) is 6.24. The highest BCUT2D eigenvalue weighted by molar-refractivity contribution is 7.99. The van der Waals surface area contributed by atoms with Crippen molar-refractivity contribution in [1.82, 2.24) is 10.3 Å². The molecule has 2 heterocycles. The van der Waals surface area contributed by atoms with Gasteiger partial charge in [0.05, 0.1) is 6.61 Å². The molecular formula is C14H16N2O2S. The number of hydrogen-bond acceptors (Lipinski definition) is 4. The Balaban J connectivity index is 1.94. The molecule has 1 unspecified atom stereocenters. The summed E-state index contributed by atoms with van der Waals surface area (Å²) in [6.07, 6.45) is 3.06. The van der Waals surface area contributed by atoms with Crippen molar-refractivity contribution in [3.05, 3.63) is 29.6 Å². The first kappa shape index (κ1) is 13.9. The second-order valence-corrected chi connectivity index (χ2v) is 5.39. The monoisotopic (exact) mass is 276 g/mol. The van der Waals surface area contributed by atoms with Crippen molar-refractivity contribution < 1.29 is 9.90 Å². The predicted octanol–water partition coefficient (Wildman–Crippen LogP) is 1.05. The molecule has 1 amide bonds. The molecule has 1 aliphatic heterocycles. The summed E-state index contributed by atoms with van der Waals surface area (Å²) in [5.41, 5.74) is 1.17. The summed E-state index contributed by atoms with van der Waals surface area (Å²) in [6, 6.07) is 3.72. The van der Waals surface area contributed by atoms with Crippen molar-refractivity contribution in [3.8, 4) is 11.8 Å². The van der Waals surface area contributed by atoms with Gasteiger partial charge >= 0.3 is 0 Å². The fraction of sp³-hybridized carbons (Fsp3) is 0.429. The molecule has 0 bridgehead atoms. The van der Waals surface area contributed by atoms with Gasteiger partial charge in [0.2, 0.25) is 0 Å². The minimum absolute atomic E-state index is 0.0559. The Bertz CT molecular complexity index is 484. The van der Waals surface area contributed by atoms with Crippen molar-refractivity contribution in [3.63, 3.8) is 0 Å². The summed E-state index contributed by atoms with van der Waals surface area (Å²) in [6.45, 7) is 0.0559. The zero-order valence-electron chi connectivity index (χ0n) is 10.6. The molecule has 5 heteroatoms. The van der Waals surface area contributed by atoms with E-state index in [1.54, 1.807) is 18.3 Å². The zero-order chi connectivity index (χ0) is 13.5. The first-order valence-corrected chi connectivity index (χ1v) is 7.39. The topological polar surface area (TPSA) is 62.2 Å². The average Bonchev–Trinajstić information content (AvgIpc) is 2.93. The van der Waals surface area contributed by atoms with Gasteiger partial charge in [-0.2, -0.15) is 11.8 Å². The standard InChI is InChI=1S/C14H16N2O2S/c17-7-2-1-3-11-4-5-13(15-9-11)14(18)16-12-6-8-19-10-12/h4-5,9,12,17H,2,6-8,10H2,(H,16,18). The fourth-order valence-corrected chi connectivity index (χ4v) is 2.88. The van der Waals surface area contributed by atoms with E-state index in [-0.39, 0.29) is 18.6 Å². The molecule has 2 rings (SSSR count). The van der Waals surface area contributed by atoms with E-state index in [2.05, 4.69) is 22.1 Å². The molecule has 0 saturated carbocycles. The molecule has 0 aliphatic carbocycles. The highest BCUT2D eigenvalue weighted by atomic mass is 32.2. The maximum Gasteiger partial charge on any atom is 0.270 e. The smallest absolute Gasteiger partial charge is 0.270 e. The number of aromatic nitrogens is 1. The Morgan fingerprint density at radius 2 is 2.47 bits per heavy atom. The third kappa shape index (κ3) is 4.27. The van der Waals surface area contributed by atoms with Gasteiger partial charge in [-0.15, -0.1) is 0 Å². The van der Waals surface area contributed by atoms with E-state index in [1.807, 2.05) is 11.8 Å². The summed E-state index contributed by atoms with van der Waals surface area (Å²) in [5, 5.41) is 11.6. The third-order valence-corrected chi connectivity index (χ3v) is 3.89. The Morgan fingerprint density at radius 1 is 1.58 bits per heavy atom. The fourth-order valence-electron chi connectivity index (χ4n) is 1.73. The normalized spacial score (nSPS) is 17.6. The van der Waals surface area contributed by atoms with Crippen LogP contribution < -0.4 is 5.32 Å². The molecule has 1 aliphatic rings. The molecule has 100 valence electrons. The average molecular weight is 276 g/mol. The lowest BCUT2D eigenvalue weighted by Gasteiger charge is -2.10. The maximum atomic E-state index is 11.9. The van der Waals surface area contributed by atoms with Crippen LogP contribution in [-0.4, -0.2) is 40.2 Å². The summed E-state index contributed by atoms with van der Waals surface area (Å²) >= 11 is 1.86. The second kappa shape index (κ2) is 7.17. The van der Waals surface area contributed by atoms with E-state index < -0.39 is 0 Å². The van der Waals surface area contributed by atoms with Gasteiger partial charge in [-0.1, -0.05) is 11.8 Å². The van der Waals surface area contributed by atoms with Crippen molar-refractivity contribution in [2.24, 2.45) is 0 Å². The van der Waals surface area contributed by atoms with Gasteiger partial charge in [0, 0.05) is 30.0 Å². The Hall–Kier alpha value is -1.51. The van der Waals surface area contributed by atoms with E-state index >= 15 is 0 Å². The number of nitrogens with zero attached hydrogens (tertiary/aromatic N) is 1. The molecule has 1 aromatic rings. The van der Waals surface area contributed by atoms with Gasteiger partial charge in [0.15, 0.2) is 0 Å². The summed E-state index contributed by atoms with van der Waals surface area (Å²) < 4.78 is 0. The van der Waals surface area contributed by atoms with E-state index in [0.29, 0.717) is 12.1 Å². The first-order chi connectivity index (χ1) is 9.29. The minimum atomic E-state index is -0.123. The number of hydrogen-bond donors (Lipinski definition) is 2. The van der Waals surface area contributed by atoms with Crippen LogP contribution in [0, 0.1) is 11.8 Å². The minimum Gasteiger partial charge on any atom is -0.395 e. The van der Waals surface area contributed by atoms with Gasteiger partial charge in [-0.25, -0.2) is 4.98 Å². The SMILES string of the molecule is O=C(NC1CCSC1)c1ccc(C#CCCO)cn1. The van der Waals surface area contributed by atoms with Crippen LogP contribution in [0.25, 0.3) is 0 Å². The predicted molar refractivity (Wildman–Crippen MR) is 76.0 cm³/mol. The lowest BCUT2D eigenvalue weighted by atomic mass is 10.2. The third-order valence-electron chi connectivity index (χ3n) is 2.73. The molecular weight excluding hydrogens is 260 g/mol. The number of carbonyl (C=O) groups is 1. The largest absolute Gasteiger partial charge is 0.395 e. The van der Waals surface area contributed by atoms with Gasteiger partial charge in [0.25, 0.3) is 5.91 Å². The van der Waals surface area contributed by atoms with Crippen LogP contribution in [0.1, 0.15) is 28.9 Å². The number of thioether (sulfide) groups is 1. The van der Waals surface area contributed by atoms with E-state index in [0.717, 1.165) is 23.5 Å². The van der Waals surface area contributed by atoms with Crippen LogP contribution in [0.2, 0.25) is 0 Å². The van der Waals surface area contributed by atoms with Crippen LogP contribution in [0.5, 0.6) is 0 Å². The molecule has 4 nitrogen and oxygen atoms in total. The Labute approximate surface area is 117 Å². The molecule has 2 N–H and O–H groups in total. The molecule has 1 atom stereocenters. The molecule has 0 spiro atoms. The lowest BCUT2D eigenvalue weighted by molar-refractivity contribution is 0.0936. The van der Waals surface area contributed by atoms with Crippen LogP contribution >= 0.6 is 11.8 Å². The Kier molecular flexibility index (Phi) is 5.25. The number of aliphatic hydroxyl groups is 1. The van der Waals surface area contributed by atoms with E-state index in [9.17, 15) is 4.79 Å². The van der Waals surface area contributed by atoms with Gasteiger partial charge in [-0.3, -0.25) is 4.79 Å². The molecule has 0 radical (unpaired) electrons. The second-order valence-electron chi connectivity index (χ2n) is 4.24. The maximum absolute atomic E-state index is 11.9. The molecule has 1 fully saturated rings. The molecule has 1 aromatic heterocycles. The van der Waals surface area contributed by atoms with Crippen molar-refractivity contribution in [1.29, 1.82) is 0 Å². The summed E-state index contributed by atoms with van der Waals surface area (Å²) in [7, 11) is 0. The number of aliphatic hydroxyl groups excluding tert-OH is 1. The van der Waals surface area contributed by atoms with Crippen LogP contribution in [0.4, 0.5) is 0 Å². The van der Waals surface area contributed by atoms with Crippen LogP contribution in [-0.2, 0) is 0 Å². The van der Waals surface area contributed by atoms with Gasteiger partial charge < -0.3 is 10.4 Å². The number of amides is 1. The highest BCUT2D eigenvalue weighted by Crippen LogP contribution is 2.17. The van der Waals surface area contributed by atoms with E-state index in [1.165, 1.54) is 0 Å². The number of carbonyl (C=O) groups excluding carboxylic acids is 1. The van der Waals surface area contributed by atoms with Gasteiger partial charge in [-0.05, 0) is 24.3 Å².